The van der Waals surface area contributed by atoms with Crippen LogP contribution in [0.4, 0.5) is 4.79 Å². The van der Waals surface area contributed by atoms with E-state index >= 15 is 0 Å². The Hall–Kier alpha value is -3.88. The summed E-state index contributed by atoms with van der Waals surface area (Å²) in [7, 11) is 0. The second-order valence-electron chi connectivity index (χ2n) is 7.08. The number of carbonyl (C=O) groups is 4. The number of benzene rings is 2. The van der Waals surface area contributed by atoms with Gasteiger partial charge in [-0.05, 0) is 24.5 Å². The van der Waals surface area contributed by atoms with Crippen molar-refractivity contribution < 1.29 is 28.7 Å². The van der Waals surface area contributed by atoms with Gasteiger partial charge in [-0.2, -0.15) is 0 Å². The second kappa shape index (κ2) is 12.7. The normalized spacial score (nSPS) is 12.2. The van der Waals surface area contributed by atoms with Gasteiger partial charge in [0.15, 0.2) is 0 Å². The number of ether oxygens (including phenoxy) is 2. The van der Waals surface area contributed by atoms with Crippen LogP contribution in [0, 0.1) is 0 Å². The molecule has 0 bridgehead atoms. The van der Waals surface area contributed by atoms with Crippen molar-refractivity contribution >= 4 is 23.9 Å². The first-order valence-corrected chi connectivity index (χ1v) is 10.1. The van der Waals surface area contributed by atoms with Gasteiger partial charge in [0.2, 0.25) is 11.8 Å². The molecule has 170 valence electrons. The minimum absolute atomic E-state index is 0.0279. The Morgan fingerprint density at radius 1 is 0.844 bits per heavy atom. The quantitative estimate of drug-likeness (QED) is 0.455. The topological polar surface area (TPSA) is 137 Å². The fourth-order valence-corrected chi connectivity index (χ4v) is 2.66. The molecular formula is C23H27N3O6. The fraction of sp³-hybridized carbons (Fsp3) is 0.304. The molecule has 0 aliphatic rings. The van der Waals surface area contributed by atoms with E-state index in [0.717, 1.165) is 11.1 Å². The lowest BCUT2D eigenvalue weighted by Crippen LogP contribution is -2.52. The van der Waals surface area contributed by atoms with Crippen LogP contribution in [0.15, 0.2) is 60.7 Å². The number of esters is 1. The van der Waals surface area contributed by atoms with Crippen molar-refractivity contribution in [3.05, 3.63) is 71.8 Å². The molecular weight excluding hydrogens is 414 g/mol. The highest BCUT2D eigenvalue weighted by Gasteiger charge is 2.24. The standard InChI is InChI=1S/C23H27N3O6/c1-16(25-23(30)32-15-18-10-6-3-7-11-18)22(29)26-19(21(24)28)12-13-20(27)31-14-17-8-4-2-5-9-17/h2-11,16,19H,12-15H2,1H3,(H2,24,28)(H,25,30)(H,26,29). The van der Waals surface area contributed by atoms with Crippen molar-refractivity contribution in [1.29, 1.82) is 0 Å². The van der Waals surface area contributed by atoms with E-state index in [0.29, 0.717) is 0 Å². The Bertz CT molecular complexity index is 904. The first-order valence-electron chi connectivity index (χ1n) is 10.1. The zero-order valence-electron chi connectivity index (χ0n) is 17.8. The molecule has 0 aliphatic heterocycles. The van der Waals surface area contributed by atoms with E-state index in [1.165, 1.54) is 6.92 Å². The molecule has 0 aromatic heterocycles. The number of nitrogens with two attached hydrogens (primary N) is 1. The molecule has 0 saturated heterocycles. The van der Waals surface area contributed by atoms with Crippen LogP contribution >= 0.6 is 0 Å². The molecule has 2 rings (SSSR count). The predicted octanol–water partition coefficient (Wildman–Crippen LogP) is 1.79. The first-order chi connectivity index (χ1) is 15.3. The van der Waals surface area contributed by atoms with Crippen LogP contribution in [0.5, 0.6) is 0 Å². The summed E-state index contributed by atoms with van der Waals surface area (Å²) in [5.41, 5.74) is 6.96. The van der Waals surface area contributed by atoms with Crippen LogP contribution in [0.3, 0.4) is 0 Å². The van der Waals surface area contributed by atoms with Crippen LogP contribution in [0.1, 0.15) is 30.9 Å². The van der Waals surface area contributed by atoms with Crippen molar-refractivity contribution in [3.63, 3.8) is 0 Å². The molecule has 0 saturated carbocycles. The molecule has 0 fully saturated rings. The van der Waals surface area contributed by atoms with Crippen LogP contribution in [-0.2, 0) is 37.1 Å². The van der Waals surface area contributed by atoms with Gasteiger partial charge in [-0.3, -0.25) is 14.4 Å². The molecule has 0 aliphatic carbocycles. The maximum Gasteiger partial charge on any atom is 0.408 e. The highest BCUT2D eigenvalue weighted by Crippen LogP contribution is 2.05. The van der Waals surface area contributed by atoms with Crippen LogP contribution in [0.25, 0.3) is 0 Å². The van der Waals surface area contributed by atoms with Crippen molar-refractivity contribution in [2.75, 3.05) is 0 Å². The lowest BCUT2D eigenvalue weighted by Gasteiger charge is -2.19. The van der Waals surface area contributed by atoms with E-state index in [9.17, 15) is 19.2 Å². The number of alkyl carbamates (subject to hydrolysis) is 1. The molecule has 3 amide bonds. The number of hydrogen-bond acceptors (Lipinski definition) is 6. The summed E-state index contributed by atoms with van der Waals surface area (Å²) in [6.45, 7) is 1.60. The number of nitrogens with one attached hydrogen (secondary N) is 2. The van der Waals surface area contributed by atoms with E-state index in [4.69, 9.17) is 15.2 Å². The summed E-state index contributed by atoms with van der Waals surface area (Å²) in [5, 5.41) is 4.81. The molecule has 0 heterocycles. The summed E-state index contributed by atoms with van der Waals surface area (Å²) in [5.74, 6) is -1.96. The molecule has 4 N–H and O–H groups in total. The maximum atomic E-state index is 12.3. The molecule has 2 atom stereocenters. The largest absolute Gasteiger partial charge is 0.461 e. The van der Waals surface area contributed by atoms with E-state index in [1.807, 2.05) is 48.5 Å². The number of amides is 3. The van der Waals surface area contributed by atoms with Gasteiger partial charge in [-0.25, -0.2) is 4.79 Å². The zero-order chi connectivity index (χ0) is 23.3. The van der Waals surface area contributed by atoms with Gasteiger partial charge in [0.1, 0.15) is 25.3 Å². The van der Waals surface area contributed by atoms with Gasteiger partial charge in [0, 0.05) is 6.42 Å². The van der Waals surface area contributed by atoms with E-state index in [-0.39, 0.29) is 26.1 Å². The SMILES string of the molecule is CC(NC(=O)OCc1ccccc1)C(=O)NC(CCC(=O)OCc1ccccc1)C(N)=O. The average molecular weight is 441 g/mol. The molecule has 0 spiro atoms. The molecule has 2 aromatic carbocycles. The molecule has 2 unspecified atom stereocenters. The minimum atomic E-state index is -1.09. The first kappa shape index (κ1) is 24.4. The lowest BCUT2D eigenvalue weighted by molar-refractivity contribution is -0.145. The van der Waals surface area contributed by atoms with Crippen LogP contribution in [0.2, 0.25) is 0 Å². The van der Waals surface area contributed by atoms with E-state index in [1.54, 1.807) is 12.1 Å². The Kier molecular flexibility index (Phi) is 9.70. The van der Waals surface area contributed by atoms with Crippen molar-refractivity contribution in [2.45, 2.75) is 45.1 Å². The van der Waals surface area contributed by atoms with Crippen molar-refractivity contribution in [1.82, 2.24) is 10.6 Å². The third kappa shape index (κ3) is 8.86. The lowest BCUT2D eigenvalue weighted by atomic mass is 10.1. The van der Waals surface area contributed by atoms with Crippen molar-refractivity contribution in [3.8, 4) is 0 Å². The molecule has 32 heavy (non-hydrogen) atoms. The Labute approximate surface area is 186 Å². The van der Waals surface area contributed by atoms with Gasteiger partial charge >= 0.3 is 12.1 Å². The van der Waals surface area contributed by atoms with Gasteiger partial charge in [0.25, 0.3) is 0 Å². The summed E-state index contributed by atoms with van der Waals surface area (Å²) in [6.07, 6.45) is -0.918. The molecule has 9 nitrogen and oxygen atoms in total. The molecule has 9 heteroatoms. The fourth-order valence-electron chi connectivity index (χ4n) is 2.66. The Morgan fingerprint density at radius 2 is 1.38 bits per heavy atom. The van der Waals surface area contributed by atoms with Crippen molar-refractivity contribution in [2.24, 2.45) is 5.73 Å². The highest BCUT2D eigenvalue weighted by atomic mass is 16.5. The van der Waals surface area contributed by atoms with Gasteiger partial charge in [0.05, 0.1) is 0 Å². The summed E-state index contributed by atoms with van der Waals surface area (Å²) < 4.78 is 10.2. The number of rotatable bonds is 11. The van der Waals surface area contributed by atoms with Gasteiger partial charge in [-0.1, -0.05) is 60.7 Å². The maximum absolute atomic E-state index is 12.3. The van der Waals surface area contributed by atoms with Crippen LogP contribution in [-0.4, -0.2) is 36.0 Å². The predicted molar refractivity (Wildman–Crippen MR) is 116 cm³/mol. The molecule has 2 aromatic rings. The van der Waals surface area contributed by atoms with E-state index < -0.39 is 36.0 Å². The monoisotopic (exact) mass is 441 g/mol. The third-order valence-electron chi connectivity index (χ3n) is 4.48. The summed E-state index contributed by atoms with van der Waals surface area (Å²) in [6, 6.07) is 16.1. The Balaban J connectivity index is 1.74. The number of carbonyl (C=O) groups excluding carboxylic acids is 4. The third-order valence-corrected chi connectivity index (χ3v) is 4.48. The average Bonchev–Trinajstić information content (AvgIpc) is 2.80. The van der Waals surface area contributed by atoms with Gasteiger partial charge < -0.3 is 25.8 Å². The summed E-state index contributed by atoms with van der Waals surface area (Å²) in [4.78, 5) is 47.8. The second-order valence-corrected chi connectivity index (χ2v) is 7.08. The van der Waals surface area contributed by atoms with Gasteiger partial charge in [-0.15, -0.1) is 0 Å². The number of hydrogen-bond donors (Lipinski definition) is 3. The zero-order valence-corrected chi connectivity index (χ0v) is 17.8. The molecule has 0 radical (unpaired) electrons. The Morgan fingerprint density at radius 3 is 1.91 bits per heavy atom. The number of primary amides is 1. The summed E-state index contributed by atoms with van der Waals surface area (Å²) >= 11 is 0. The highest BCUT2D eigenvalue weighted by molar-refractivity contribution is 5.90. The van der Waals surface area contributed by atoms with Crippen LogP contribution < -0.4 is 16.4 Å². The van der Waals surface area contributed by atoms with E-state index in [2.05, 4.69) is 10.6 Å². The smallest absolute Gasteiger partial charge is 0.408 e. The minimum Gasteiger partial charge on any atom is -0.461 e.